The van der Waals surface area contributed by atoms with Crippen molar-refractivity contribution in [2.75, 3.05) is 17.7 Å². The standard InChI is InChI=1S/C64H106N4O8S.C6H12O2.C2H4O2.Zn/c1-26-64(24,25)58(73)74-28-27-29-77-39(8)54(69)67-52-48(55(70)75-50-40(59(9,10)11)30-37(6)31-41(50)60(12,13)14)46(35(2)3)44(65-52)34-45-47(36(4)5)49(53(66-45)68-57(72)63(21,22)23)56(71)76-51-42(61(15,16)17)32-38(7)33-43(51)62(18,19)20;1-4-6(2,3)5(7)8;1-2(3)4;/h34-43,50-51H,26-33H2,1-25H3,(H3,65,66,67,68,69,70,71,72);4H2,1-3H3,(H,7,8);1H3,(H,3,4);/p-1. The Labute approximate surface area is 560 Å². The molecule has 510 valence electrons. The fourth-order valence-corrected chi connectivity index (χ4v) is 12.6. The van der Waals surface area contributed by atoms with Gasteiger partial charge in [-0.1, -0.05) is 159 Å². The fraction of sp³-hybridized carbons (Fsp3) is 0.778. The molecule has 0 spiro atoms. The largest absolute Gasteiger partial charge is 0.481 e. The fourth-order valence-electron chi connectivity index (χ4n) is 11.8. The van der Waals surface area contributed by atoms with Gasteiger partial charge in [0.25, 0.3) is 5.97 Å². The van der Waals surface area contributed by atoms with E-state index in [1.807, 2.05) is 83.1 Å². The van der Waals surface area contributed by atoms with Crippen LogP contribution in [0.25, 0.3) is 6.08 Å². The third kappa shape index (κ3) is 23.6. The van der Waals surface area contributed by atoms with Crippen LogP contribution in [0.4, 0.5) is 5.82 Å². The number of rotatable bonds is 18. The maximum absolute atomic E-state index is 15.4. The molecule has 4 rings (SSSR count). The molecule has 0 radical (unpaired) electrons. The van der Waals surface area contributed by atoms with Gasteiger partial charge in [-0.25, -0.2) is 14.6 Å². The number of aromatic nitrogens is 1. The number of ether oxygens (including phenoxy) is 3. The smallest absolute Gasteiger partial charge is 0.342 e. The first-order valence-corrected chi connectivity index (χ1v) is 33.8. The molecule has 2 heterocycles. The van der Waals surface area contributed by atoms with Crippen molar-refractivity contribution in [3.05, 3.63) is 33.7 Å². The van der Waals surface area contributed by atoms with Crippen LogP contribution in [0.15, 0.2) is 21.8 Å². The first-order chi connectivity index (χ1) is 40.3. The number of carbonyl (C=O) groups is 7. The van der Waals surface area contributed by atoms with Crippen molar-refractivity contribution in [3.8, 4) is 0 Å². The molecule has 0 aromatic carbocycles. The number of hydrogen-bond acceptors (Lipinski definition) is 12. The number of amides is 2. The molecule has 1 aromatic rings. The van der Waals surface area contributed by atoms with Crippen LogP contribution in [0.1, 0.15) is 273 Å². The van der Waals surface area contributed by atoms with Gasteiger partial charge in [0, 0.05) is 55.5 Å². The average molecular weight is 1330 g/mol. The molecule has 0 saturated heterocycles. The summed E-state index contributed by atoms with van der Waals surface area (Å²) in [6.07, 6.45) is 6.55. The number of nitrogens with zero attached hydrogens (tertiary/aromatic N) is 2. The Morgan fingerprint density at radius 3 is 1.40 bits per heavy atom. The van der Waals surface area contributed by atoms with Gasteiger partial charge in [0.1, 0.15) is 29.5 Å². The zero-order valence-electron chi connectivity index (χ0n) is 61.3. The maximum Gasteiger partial charge on any atom is 0.342 e. The van der Waals surface area contributed by atoms with Crippen LogP contribution in [-0.2, 0) is 62.5 Å². The number of nitrogens with one attached hydrogen (secondary N) is 2. The molecule has 18 heteroatoms. The summed E-state index contributed by atoms with van der Waals surface area (Å²) in [6.45, 7) is 58.8. The molecule has 2 saturated carbocycles. The van der Waals surface area contributed by atoms with E-state index in [-0.39, 0.29) is 124 Å². The number of allylic oxidation sites excluding steroid dienone is 1. The van der Waals surface area contributed by atoms with Gasteiger partial charge in [-0.05, 0) is 159 Å². The summed E-state index contributed by atoms with van der Waals surface area (Å²) >= 11 is 1.43. The Bertz CT molecular complexity index is 2680. The van der Waals surface area contributed by atoms with Gasteiger partial charge in [0.2, 0.25) is 5.91 Å². The van der Waals surface area contributed by atoms with Crippen LogP contribution in [0, 0.1) is 79.3 Å². The van der Waals surface area contributed by atoms with Crippen LogP contribution in [0.3, 0.4) is 0 Å². The van der Waals surface area contributed by atoms with Crippen molar-refractivity contribution in [3.63, 3.8) is 0 Å². The number of amidine groups is 1. The van der Waals surface area contributed by atoms with E-state index in [1.165, 1.54) is 11.8 Å². The molecular formula is C72H121N4O12SZn-. The molecule has 1 aromatic heterocycles. The molecule has 1 aliphatic heterocycles. The van der Waals surface area contributed by atoms with Crippen LogP contribution < -0.4 is 15.6 Å². The molecule has 2 amide bonds. The normalized spacial score (nSPS) is 22.7. The van der Waals surface area contributed by atoms with E-state index in [0.717, 1.165) is 32.6 Å². The molecular weight excluding hydrogens is 1210 g/mol. The van der Waals surface area contributed by atoms with Gasteiger partial charge in [0.05, 0.1) is 33.9 Å². The topological polar surface area (TPSA) is 238 Å². The van der Waals surface area contributed by atoms with E-state index < -0.39 is 57.6 Å². The number of hydrogen-bond donors (Lipinski definition) is 4. The number of aliphatic imine (C=N–C) groups is 1. The third-order valence-electron chi connectivity index (χ3n) is 18.3. The van der Waals surface area contributed by atoms with Crippen molar-refractivity contribution >= 4 is 71.2 Å². The number of carboxylic acid groups (broad SMARTS) is 2. The molecule has 90 heavy (non-hydrogen) atoms. The summed E-state index contributed by atoms with van der Waals surface area (Å²) in [5.41, 5.74) is -0.243. The molecule has 4 N–H and O–H groups in total. The van der Waals surface area contributed by atoms with Crippen molar-refractivity contribution in [2.24, 2.45) is 84.3 Å². The van der Waals surface area contributed by atoms with E-state index in [2.05, 4.69) is 108 Å². The van der Waals surface area contributed by atoms with Crippen LogP contribution >= 0.6 is 11.8 Å². The van der Waals surface area contributed by atoms with Crippen molar-refractivity contribution < 1.29 is 77.5 Å². The van der Waals surface area contributed by atoms with Gasteiger partial charge in [-0.15, -0.1) is 11.8 Å². The molecule has 5 unspecified atom stereocenters. The Balaban J connectivity index is 0.00000282. The van der Waals surface area contributed by atoms with E-state index in [4.69, 9.17) is 39.2 Å². The number of thioether (sulfide) groups is 1. The van der Waals surface area contributed by atoms with Crippen molar-refractivity contribution in [1.82, 2.24) is 10.3 Å². The molecule has 2 fully saturated rings. The summed E-state index contributed by atoms with van der Waals surface area (Å²) in [5, 5.41) is 21.4. The summed E-state index contributed by atoms with van der Waals surface area (Å²) in [7, 11) is 0. The number of aliphatic carboxylic acids is 2. The van der Waals surface area contributed by atoms with Gasteiger partial charge in [-0.3, -0.25) is 24.0 Å². The molecule has 3 aliphatic rings. The van der Waals surface area contributed by atoms with Gasteiger partial charge < -0.3 is 40.0 Å². The predicted octanol–water partition coefficient (Wildman–Crippen LogP) is 16.6. The SMILES string of the molecule is CC(=O)O.CCC(C)(C)C(=O)O.CCC(C)(C)C(=O)OCCCSC(C)C(=O)NC1=NC(=Cc2[n-]c(NC(=O)C(C)(C)C)c(C(=O)OC3C(C(C)(C)C)CC(C)CC3C(C)(C)C)c2C(C)C)C(C(C)C)=C1C(=O)OC1C(C(C)(C)C)CC(C)CC1C(C)(C)C.[Zn]. The van der Waals surface area contributed by atoms with Crippen LogP contribution in [0.2, 0.25) is 0 Å². The number of carbonyl (C=O) groups excluding carboxylic acids is 5. The van der Waals surface area contributed by atoms with E-state index >= 15 is 9.59 Å². The number of anilines is 1. The minimum atomic E-state index is -0.833. The maximum atomic E-state index is 15.4. The number of carboxylic acids is 2. The summed E-state index contributed by atoms with van der Waals surface area (Å²) in [4.78, 5) is 101. The second kappa shape index (κ2) is 33.2. The molecule has 16 nitrogen and oxygen atoms in total. The first-order valence-electron chi connectivity index (χ1n) is 32.8. The Hall–Kier alpha value is -4.31. The molecule has 0 bridgehead atoms. The Kier molecular flexibility index (Phi) is 30.9. The molecule has 2 aliphatic carbocycles. The van der Waals surface area contributed by atoms with Gasteiger partial charge in [-0.2, -0.15) is 0 Å². The number of esters is 3. The van der Waals surface area contributed by atoms with Gasteiger partial charge >= 0.3 is 23.9 Å². The minimum absolute atomic E-state index is 0. The van der Waals surface area contributed by atoms with E-state index in [9.17, 15) is 19.2 Å². The zero-order chi connectivity index (χ0) is 69.2. The summed E-state index contributed by atoms with van der Waals surface area (Å²) in [5.74, 6) is -2.18. The second-order valence-corrected chi connectivity index (χ2v) is 34.4. The third-order valence-corrected chi connectivity index (χ3v) is 19.6. The average Bonchev–Trinajstić information content (AvgIpc) is 1.44. The summed E-state index contributed by atoms with van der Waals surface area (Å²) in [6, 6.07) is 0. The van der Waals surface area contributed by atoms with Crippen LogP contribution in [-0.4, -0.2) is 87.5 Å². The Morgan fingerprint density at radius 1 is 0.644 bits per heavy atom. The van der Waals surface area contributed by atoms with E-state index in [1.54, 1.807) is 19.9 Å². The Morgan fingerprint density at radius 2 is 1.06 bits per heavy atom. The predicted molar refractivity (Wildman–Crippen MR) is 362 cm³/mol. The first kappa shape index (κ1) is 83.7. The van der Waals surface area contributed by atoms with Crippen molar-refractivity contribution in [2.45, 2.75) is 269 Å². The molecule has 5 atom stereocenters. The van der Waals surface area contributed by atoms with Crippen LogP contribution in [0.5, 0.6) is 0 Å². The zero-order valence-corrected chi connectivity index (χ0v) is 65.1. The van der Waals surface area contributed by atoms with Crippen molar-refractivity contribution in [1.29, 1.82) is 0 Å². The monoisotopic (exact) mass is 1330 g/mol. The summed E-state index contributed by atoms with van der Waals surface area (Å²) < 4.78 is 19.3. The van der Waals surface area contributed by atoms with Gasteiger partial charge in [0.15, 0.2) is 0 Å². The second-order valence-electron chi connectivity index (χ2n) is 33.0. The quantitative estimate of drug-likeness (QED) is 0.0463. The minimum Gasteiger partial charge on any atom is -0.481 e. The van der Waals surface area contributed by atoms with E-state index in [0.29, 0.717) is 59.4 Å².